The smallest absolute Gasteiger partial charge is 0.253 e. The van der Waals surface area contributed by atoms with Gasteiger partial charge in [-0.3, -0.25) is 9.69 Å². The maximum absolute atomic E-state index is 12.8. The van der Waals surface area contributed by atoms with Gasteiger partial charge in [-0.1, -0.05) is 78.4 Å². The molecule has 1 fully saturated rings. The Morgan fingerprint density at radius 3 is 1.86 bits per heavy atom. The van der Waals surface area contributed by atoms with Gasteiger partial charge in [0.2, 0.25) is 0 Å². The molecular formula is C25H26N2O. The van der Waals surface area contributed by atoms with Crippen LogP contribution in [0.3, 0.4) is 0 Å². The van der Waals surface area contributed by atoms with Crippen molar-refractivity contribution in [2.24, 2.45) is 0 Å². The Bertz CT molecular complexity index is 898. The van der Waals surface area contributed by atoms with Crippen LogP contribution in [-0.4, -0.2) is 41.9 Å². The van der Waals surface area contributed by atoms with E-state index in [4.69, 9.17) is 0 Å². The third kappa shape index (κ3) is 4.00. The lowest BCUT2D eigenvalue weighted by Crippen LogP contribution is -2.49. The summed E-state index contributed by atoms with van der Waals surface area (Å²) in [6, 6.07) is 29.3. The zero-order valence-electron chi connectivity index (χ0n) is 16.3. The summed E-state index contributed by atoms with van der Waals surface area (Å²) in [7, 11) is 0. The third-order valence-electron chi connectivity index (χ3n) is 5.50. The van der Waals surface area contributed by atoms with E-state index >= 15 is 0 Å². The number of benzene rings is 3. The number of carbonyl (C=O) groups is 1. The average molecular weight is 370 g/mol. The highest BCUT2D eigenvalue weighted by molar-refractivity contribution is 5.94. The van der Waals surface area contributed by atoms with E-state index in [1.165, 1.54) is 16.7 Å². The summed E-state index contributed by atoms with van der Waals surface area (Å²) in [6.45, 7) is 5.36. The van der Waals surface area contributed by atoms with Gasteiger partial charge in [-0.2, -0.15) is 0 Å². The highest BCUT2D eigenvalue weighted by Gasteiger charge is 2.28. The van der Waals surface area contributed by atoms with Crippen LogP contribution in [0.1, 0.15) is 33.1 Å². The van der Waals surface area contributed by atoms with Crippen LogP contribution >= 0.6 is 0 Å². The van der Waals surface area contributed by atoms with E-state index in [2.05, 4.69) is 66.4 Å². The molecule has 28 heavy (non-hydrogen) atoms. The van der Waals surface area contributed by atoms with Crippen LogP contribution in [0.4, 0.5) is 0 Å². The van der Waals surface area contributed by atoms with E-state index in [0.29, 0.717) is 0 Å². The molecule has 0 unspecified atom stereocenters. The minimum Gasteiger partial charge on any atom is -0.336 e. The Balaban J connectivity index is 1.53. The Kier molecular flexibility index (Phi) is 5.54. The van der Waals surface area contributed by atoms with E-state index < -0.39 is 0 Å². The molecule has 1 amide bonds. The van der Waals surface area contributed by atoms with E-state index in [-0.39, 0.29) is 11.9 Å². The van der Waals surface area contributed by atoms with Crippen molar-refractivity contribution >= 4 is 5.91 Å². The second kappa shape index (κ2) is 8.41. The van der Waals surface area contributed by atoms with Gasteiger partial charge in [0.25, 0.3) is 5.91 Å². The van der Waals surface area contributed by atoms with Gasteiger partial charge in [0.1, 0.15) is 0 Å². The first-order valence-electron chi connectivity index (χ1n) is 9.92. The van der Waals surface area contributed by atoms with Crippen LogP contribution < -0.4 is 0 Å². The molecule has 0 aromatic heterocycles. The fourth-order valence-corrected chi connectivity index (χ4v) is 3.94. The van der Waals surface area contributed by atoms with Crippen molar-refractivity contribution in [3.63, 3.8) is 0 Å². The molecule has 142 valence electrons. The topological polar surface area (TPSA) is 23.6 Å². The minimum atomic E-state index is 0.131. The van der Waals surface area contributed by atoms with Crippen molar-refractivity contribution in [1.82, 2.24) is 9.80 Å². The largest absolute Gasteiger partial charge is 0.336 e. The van der Waals surface area contributed by atoms with Crippen molar-refractivity contribution in [2.75, 3.05) is 26.2 Å². The molecule has 3 aromatic rings. The number of piperazine rings is 1. The normalized spacial score (nSPS) is 16.0. The molecule has 0 bridgehead atoms. The second-order valence-electron chi connectivity index (χ2n) is 7.42. The monoisotopic (exact) mass is 370 g/mol. The van der Waals surface area contributed by atoms with Gasteiger partial charge in [-0.05, 0) is 30.2 Å². The molecule has 3 nitrogen and oxygen atoms in total. The van der Waals surface area contributed by atoms with E-state index in [1.54, 1.807) is 0 Å². The first kappa shape index (κ1) is 18.5. The molecule has 1 aliphatic rings. The maximum Gasteiger partial charge on any atom is 0.253 e. The van der Waals surface area contributed by atoms with Gasteiger partial charge in [-0.15, -0.1) is 0 Å². The molecule has 0 spiro atoms. The van der Waals surface area contributed by atoms with Crippen molar-refractivity contribution in [3.05, 3.63) is 107 Å². The van der Waals surface area contributed by atoms with E-state index in [9.17, 15) is 4.79 Å². The van der Waals surface area contributed by atoms with Crippen LogP contribution in [0, 0.1) is 6.92 Å². The predicted molar refractivity (Wildman–Crippen MR) is 113 cm³/mol. The summed E-state index contributed by atoms with van der Waals surface area (Å²) < 4.78 is 0. The lowest BCUT2D eigenvalue weighted by atomic mass is 9.95. The molecule has 1 heterocycles. The lowest BCUT2D eigenvalue weighted by Gasteiger charge is -2.40. The summed E-state index contributed by atoms with van der Waals surface area (Å²) in [5.41, 5.74) is 4.65. The molecule has 0 radical (unpaired) electrons. The molecule has 3 aromatic carbocycles. The fraction of sp³-hybridized carbons (Fsp3) is 0.240. The van der Waals surface area contributed by atoms with E-state index in [1.807, 2.05) is 35.2 Å². The number of carbonyl (C=O) groups excluding carboxylic acids is 1. The van der Waals surface area contributed by atoms with Gasteiger partial charge in [-0.25, -0.2) is 0 Å². The van der Waals surface area contributed by atoms with Crippen molar-refractivity contribution < 1.29 is 4.79 Å². The zero-order chi connectivity index (χ0) is 19.3. The lowest BCUT2D eigenvalue weighted by molar-refractivity contribution is 0.0597. The summed E-state index contributed by atoms with van der Waals surface area (Å²) in [4.78, 5) is 17.2. The first-order chi connectivity index (χ1) is 13.7. The second-order valence-corrected chi connectivity index (χ2v) is 7.42. The maximum atomic E-state index is 12.8. The zero-order valence-corrected chi connectivity index (χ0v) is 16.3. The van der Waals surface area contributed by atoms with Crippen molar-refractivity contribution in [1.29, 1.82) is 0 Å². The minimum absolute atomic E-state index is 0.131. The Labute approximate surface area is 167 Å². The molecular weight excluding hydrogens is 344 g/mol. The van der Waals surface area contributed by atoms with Gasteiger partial charge >= 0.3 is 0 Å². The summed E-state index contributed by atoms with van der Waals surface area (Å²) in [5.74, 6) is 0.131. The van der Waals surface area contributed by atoms with Gasteiger partial charge in [0.15, 0.2) is 0 Å². The Hall–Kier alpha value is -2.91. The molecule has 0 saturated carbocycles. The van der Waals surface area contributed by atoms with Crippen LogP contribution in [0.15, 0.2) is 84.9 Å². The van der Waals surface area contributed by atoms with Crippen molar-refractivity contribution in [3.8, 4) is 0 Å². The summed E-state index contributed by atoms with van der Waals surface area (Å²) >= 11 is 0. The summed E-state index contributed by atoms with van der Waals surface area (Å²) in [6.07, 6.45) is 0. The fourth-order valence-electron chi connectivity index (χ4n) is 3.94. The molecule has 0 aliphatic carbocycles. The predicted octanol–water partition coefficient (Wildman–Crippen LogP) is 4.54. The quantitative estimate of drug-likeness (QED) is 0.673. The molecule has 1 atom stereocenters. The Morgan fingerprint density at radius 2 is 1.25 bits per heavy atom. The molecule has 0 N–H and O–H groups in total. The molecule has 3 heteroatoms. The van der Waals surface area contributed by atoms with Crippen molar-refractivity contribution in [2.45, 2.75) is 13.0 Å². The third-order valence-corrected chi connectivity index (χ3v) is 5.50. The first-order valence-corrected chi connectivity index (χ1v) is 9.92. The van der Waals surface area contributed by atoms with Gasteiger partial charge in [0.05, 0.1) is 6.04 Å². The van der Waals surface area contributed by atoms with Crippen LogP contribution in [0.25, 0.3) is 0 Å². The van der Waals surface area contributed by atoms with E-state index in [0.717, 1.165) is 31.7 Å². The van der Waals surface area contributed by atoms with Crippen LogP contribution in [-0.2, 0) is 0 Å². The van der Waals surface area contributed by atoms with Gasteiger partial charge in [0, 0.05) is 31.7 Å². The highest BCUT2D eigenvalue weighted by Crippen LogP contribution is 2.30. The molecule has 1 saturated heterocycles. The number of aryl methyl sites for hydroxylation is 1. The van der Waals surface area contributed by atoms with Gasteiger partial charge < -0.3 is 4.90 Å². The average Bonchev–Trinajstić information content (AvgIpc) is 2.77. The number of hydrogen-bond donors (Lipinski definition) is 0. The number of hydrogen-bond acceptors (Lipinski definition) is 2. The van der Waals surface area contributed by atoms with Crippen LogP contribution in [0.5, 0.6) is 0 Å². The SMILES string of the molecule is Cc1ccc([C@H](c2ccccc2)N2CCN(C(=O)c3ccccc3)CC2)cc1. The number of amides is 1. The Morgan fingerprint density at radius 1 is 0.714 bits per heavy atom. The molecule has 4 rings (SSSR count). The standard InChI is InChI=1S/C25H26N2O/c1-20-12-14-22(15-13-20)24(21-8-4-2-5-9-21)26-16-18-27(19-17-26)25(28)23-10-6-3-7-11-23/h2-15,24H,16-19H2,1H3/t24-/m0/s1. The molecule has 1 aliphatic heterocycles. The highest BCUT2D eigenvalue weighted by atomic mass is 16.2. The number of nitrogens with zero attached hydrogens (tertiary/aromatic N) is 2. The number of rotatable bonds is 4. The van der Waals surface area contributed by atoms with Crippen LogP contribution in [0.2, 0.25) is 0 Å². The summed E-state index contributed by atoms with van der Waals surface area (Å²) in [5, 5.41) is 0.